The number of ether oxygens (including phenoxy) is 3. The van der Waals surface area contributed by atoms with Crippen molar-refractivity contribution in [2.24, 2.45) is 39.9 Å². The van der Waals surface area contributed by atoms with E-state index in [1.807, 2.05) is 26.0 Å². The topological polar surface area (TPSA) is 111 Å². The predicted molar refractivity (Wildman–Crippen MR) is 169 cm³/mol. The fraction of sp³-hybridized carbons (Fsp3) is 0.812. The van der Waals surface area contributed by atoms with Crippen LogP contribution in [0.15, 0.2) is 12.2 Å². The number of ketones is 1. The monoisotopic (exact) mass is 676 g/mol. The lowest BCUT2D eigenvalue weighted by Gasteiger charge is -2.61. The summed E-state index contributed by atoms with van der Waals surface area (Å²) >= 11 is 17.0. The first-order valence-electron chi connectivity index (χ1n) is 15.7. The Balaban J connectivity index is 1.52. The molecule has 1 aliphatic heterocycles. The predicted octanol–water partition coefficient (Wildman–Crippen LogP) is 6.87. The number of alkyl halides is 3. The number of hydrogen-bond donors (Lipinski definition) is 1. The van der Waals surface area contributed by atoms with Crippen molar-refractivity contribution in [2.75, 3.05) is 26.8 Å². The minimum Gasteiger partial charge on any atom is -0.445 e. The zero-order valence-electron chi connectivity index (χ0n) is 26.6. The average Bonchev–Trinajstić information content (AvgIpc) is 3.37. The van der Waals surface area contributed by atoms with Gasteiger partial charge in [0.2, 0.25) is 9.70 Å². The van der Waals surface area contributed by atoms with Crippen LogP contribution in [-0.2, 0) is 23.8 Å². The highest BCUT2D eigenvalue weighted by atomic mass is 35.6. The molecule has 8 atom stereocenters. The molecule has 3 aliphatic carbocycles. The van der Waals surface area contributed by atoms with Crippen molar-refractivity contribution in [3.63, 3.8) is 0 Å². The van der Waals surface area contributed by atoms with Crippen molar-refractivity contribution in [1.82, 2.24) is 10.2 Å². The quantitative estimate of drug-likeness (QED) is 0.250. The number of allylic oxidation sites excluding steroid dienone is 2. The van der Waals surface area contributed by atoms with E-state index in [1.54, 1.807) is 7.11 Å². The number of rotatable bonds is 5. The smallest absolute Gasteiger partial charge is 0.414 e. The first-order valence-corrected chi connectivity index (χ1v) is 16.9. The Bertz CT molecular complexity index is 1150. The number of carbonyl (C=O) groups excluding carboxylic acids is 4. The number of piperidine rings is 1. The number of methoxy groups -OCH3 is 1. The Morgan fingerprint density at radius 2 is 1.70 bits per heavy atom. The molecule has 0 aromatic rings. The van der Waals surface area contributed by atoms with E-state index in [9.17, 15) is 19.2 Å². The number of imide groups is 1. The highest BCUT2D eigenvalue weighted by Crippen LogP contribution is 2.68. The van der Waals surface area contributed by atoms with Gasteiger partial charge in [-0.2, -0.15) is 0 Å². The third kappa shape index (κ3) is 6.63. The summed E-state index contributed by atoms with van der Waals surface area (Å²) in [5, 5.41) is 2.47. The van der Waals surface area contributed by atoms with Gasteiger partial charge in [0, 0.05) is 55.2 Å². The molecule has 0 aromatic carbocycles. The van der Waals surface area contributed by atoms with Crippen LogP contribution in [0, 0.1) is 39.9 Å². The summed E-state index contributed by atoms with van der Waals surface area (Å²) in [5.74, 6) is -0.719. The molecule has 4 fully saturated rings. The van der Waals surface area contributed by atoms with Crippen LogP contribution in [0.4, 0.5) is 9.59 Å². The lowest BCUT2D eigenvalue weighted by atomic mass is 9.44. The van der Waals surface area contributed by atoms with E-state index in [-0.39, 0.29) is 54.8 Å². The molecule has 0 aromatic heterocycles. The van der Waals surface area contributed by atoms with E-state index in [2.05, 4.69) is 26.1 Å². The Hall–Kier alpha value is -1.55. The fourth-order valence-electron chi connectivity index (χ4n) is 9.05. The van der Waals surface area contributed by atoms with Crippen molar-refractivity contribution in [3.05, 3.63) is 12.2 Å². The second kappa shape index (κ2) is 13.3. The molecular weight excluding hydrogens is 631 g/mol. The Labute approximate surface area is 276 Å². The second-order valence-corrected chi connectivity index (χ2v) is 16.4. The zero-order chi connectivity index (χ0) is 32.7. The average molecular weight is 678 g/mol. The second-order valence-electron chi connectivity index (χ2n) is 13.9. The van der Waals surface area contributed by atoms with Crippen LogP contribution < -0.4 is 5.32 Å². The highest BCUT2D eigenvalue weighted by molar-refractivity contribution is 6.67. The summed E-state index contributed by atoms with van der Waals surface area (Å²) in [5.41, 5.74) is -1.56. The van der Waals surface area contributed by atoms with E-state index < -0.39 is 44.7 Å². The van der Waals surface area contributed by atoms with Gasteiger partial charge < -0.3 is 19.1 Å². The van der Waals surface area contributed by atoms with Gasteiger partial charge in [-0.3, -0.25) is 14.9 Å². The molecule has 9 nitrogen and oxygen atoms in total. The van der Waals surface area contributed by atoms with Gasteiger partial charge in [-0.05, 0) is 63.7 Å². The van der Waals surface area contributed by atoms with E-state index in [0.29, 0.717) is 19.3 Å². The third-order valence-electron chi connectivity index (χ3n) is 11.6. The van der Waals surface area contributed by atoms with Crippen molar-refractivity contribution >= 4 is 58.7 Å². The number of hydrogen-bond acceptors (Lipinski definition) is 7. The summed E-state index contributed by atoms with van der Waals surface area (Å²) in [4.78, 5) is 54.6. The van der Waals surface area contributed by atoms with Crippen molar-refractivity contribution < 1.29 is 33.4 Å². The van der Waals surface area contributed by atoms with Crippen LogP contribution in [-0.4, -0.2) is 71.6 Å². The molecular formula is C32H47Cl3N2O7. The molecule has 3 saturated carbocycles. The summed E-state index contributed by atoms with van der Waals surface area (Å²) in [6.07, 6.45) is 6.33. The van der Waals surface area contributed by atoms with Crippen molar-refractivity contribution in [3.8, 4) is 0 Å². The molecule has 0 radical (unpaired) electrons. The van der Waals surface area contributed by atoms with E-state index in [0.717, 1.165) is 25.7 Å². The Morgan fingerprint density at radius 1 is 1.07 bits per heavy atom. The van der Waals surface area contributed by atoms with Crippen LogP contribution in [0.1, 0.15) is 79.6 Å². The maximum Gasteiger partial charge on any atom is 0.414 e. The van der Waals surface area contributed by atoms with Crippen LogP contribution >= 0.6 is 34.8 Å². The van der Waals surface area contributed by atoms with Gasteiger partial charge in [-0.25, -0.2) is 9.59 Å². The highest BCUT2D eigenvalue weighted by Gasteiger charge is 2.68. The minimum absolute atomic E-state index is 0.0250. The van der Waals surface area contributed by atoms with E-state index >= 15 is 0 Å². The van der Waals surface area contributed by atoms with Crippen LogP contribution in [0.3, 0.4) is 0 Å². The molecule has 2 bridgehead atoms. The molecule has 3 amide bonds. The molecule has 12 heteroatoms. The fourth-order valence-corrected chi connectivity index (χ4v) is 9.21. The third-order valence-corrected chi connectivity index (χ3v) is 11.9. The number of carbonyl (C=O) groups is 4. The molecule has 1 N–H and O–H groups in total. The van der Waals surface area contributed by atoms with E-state index in [1.165, 1.54) is 4.90 Å². The van der Waals surface area contributed by atoms with Gasteiger partial charge in [-0.1, -0.05) is 67.7 Å². The Kier molecular flexibility index (Phi) is 10.7. The SMILES string of the molecule is CC=C[C@]1(C)C[C@@H](OC(=O)NC(=O)C2CCN(C(=O)OCC(Cl)(Cl)Cl)CC2)[C@]2(C)C(C)CCC3(CC[C@@H](OC)C32)[C@@H](C)C1=O. The van der Waals surface area contributed by atoms with Gasteiger partial charge in [-0.15, -0.1) is 0 Å². The molecule has 1 saturated heterocycles. The zero-order valence-corrected chi connectivity index (χ0v) is 28.9. The van der Waals surface area contributed by atoms with Crippen LogP contribution in [0.25, 0.3) is 0 Å². The number of amides is 3. The largest absolute Gasteiger partial charge is 0.445 e. The van der Waals surface area contributed by atoms with Gasteiger partial charge >= 0.3 is 12.2 Å². The minimum atomic E-state index is -1.71. The number of Topliss-reactive ketones (excluding diaryl/α,β-unsaturated/α-hetero) is 1. The molecule has 4 aliphatic rings. The number of nitrogens with zero attached hydrogens (tertiary/aromatic N) is 1. The molecule has 44 heavy (non-hydrogen) atoms. The number of alkyl carbamates (subject to hydrolysis) is 1. The summed E-state index contributed by atoms with van der Waals surface area (Å²) in [6.45, 7) is 10.5. The van der Waals surface area contributed by atoms with Crippen LogP contribution in [0.2, 0.25) is 0 Å². The number of nitrogens with one attached hydrogen (secondary N) is 1. The van der Waals surface area contributed by atoms with Crippen LogP contribution in [0.5, 0.6) is 0 Å². The molecule has 1 heterocycles. The van der Waals surface area contributed by atoms with Gasteiger partial charge in [0.15, 0.2) is 0 Å². The normalized spacial score (nSPS) is 38.1. The number of halogens is 3. The van der Waals surface area contributed by atoms with Crippen molar-refractivity contribution in [1.29, 1.82) is 0 Å². The number of likely N-dealkylation sites (tertiary alicyclic amines) is 1. The first-order chi connectivity index (χ1) is 20.5. The van der Waals surface area contributed by atoms with Crippen molar-refractivity contribution in [2.45, 2.75) is 95.6 Å². The standard InChI is InChI=1S/C32H47Cl3N2O7/c1-7-12-29(4)17-23(30(5)19(2)8-13-31(20(3)25(29)38)14-9-22(42-6)24(30)31)44-27(40)36-26(39)21-10-15-37(16-11-21)28(41)43-18-32(33,34)35/h7,12,19-24H,8-11,13-18H2,1-6H3,(H,36,39,40)/t19?,20-,22+,23+,24?,29+,30-,31?/m0/s1. The summed E-state index contributed by atoms with van der Waals surface area (Å²) < 4.78 is 15.6. The van der Waals surface area contributed by atoms with E-state index in [4.69, 9.17) is 49.0 Å². The summed E-state index contributed by atoms with van der Waals surface area (Å²) in [6, 6.07) is 0. The van der Waals surface area contributed by atoms with Gasteiger partial charge in [0.1, 0.15) is 18.5 Å². The molecule has 4 rings (SSSR count). The first kappa shape index (κ1) is 35.3. The lowest BCUT2D eigenvalue weighted by molar-refractivity contribution is -0.189. The molecule has 0 spiro atoms. The Morgan fingerprint density at radius 3 is 2.30 bits per heavy atom. The molecule has 3 unspecified atom stereocenters. The maximum atomic E-state index is 14.2. The lowest BCUT2D eigenvalue weighted by Crippen LogP contribution is -2.63. The maximum absolute atomic E-state index is 14.2. The molecule has 248 valence electrons. The van der Waals surface area contributed by atoms with Gasteiger partial charge in [0.05, 0.1) is 6.10 Å². The summed E-state index contributed by atoms with van der Waals surface area (Å²) in [7, 11) is 1.73. The van der Waals surface area contributed by atoms with Gasteiger partial charge in [0.25, 0.3) is 0 Å².